The summed E-state index contributed by atoms with van der Waals surface area (Å²) >= 11 is 0. The highest BCUT2D eigenvalue weighted by molar-refractivity contribution is 6.04. The van der Waals surface area contributed by atoms with Crippen molar-refractivity contribution in [2.75, 3.05) is 17.7 Å². The molecule has 24 heteroatoms. The molecule has 0 saturated carbocycles. The minimum atomic E-state index is -5.08. The first-order valence-electron chi connectivity index (χ1n) is 17.6. The summed E-state index contributed by atoms with van der Waals surface area (Å²) < 4.78 is 79.9. The molecule has 3 aromatic carbocycles. The van der Waals surface area contributed by atoms with E-state index in [4.69, 9.17) is 45.2 Å². The number of ether oxygens (including phenoxy) is 3. The molecule has 0 atom stereocenters. The lowest BCUT2D eigenvalue weighted by Crippen LogP contribution is -2.35. The van der Waals surface area contributed by atoms with Gasteiger partial charge in [-0.1, -0.05) is 54.6 Å². The fraction of sp³-hybridized carbons (Fsp3) is 0.263. The molecule has 1 heterocycles. The van der Waals surface area contributed by atoms with E-state index in [0.717, 1.165) is 5.56 Å². The van der Waals surface area contributed by atoms with E-state index < -0.39 is 48.0 Å². The summed E-state index contributed by atoms with van der Waals surface area (Å²) in [7, 11) is 0. The van der Waals surface area contributed by atoms with Gasteiger partial charge < -0.3 is 40.8 Å². The number of aliphatic carboxylic acids is 2. The molecule has 1 aromatic heterocycles. The number of amidine groups is 1. The number of benzene rings is 3. The molecule has 4 rings (SSSR count). The SMILES string of the molecule is CCOC(=O)Oc1cc(N)cc(-c2cnc(NC(C)C)c(=O)n2CC(=O)NCc2ccc(C(=N)NC(=O)OCc3ccccc3)cc2)c1.O=C(O)C(F)(F)F.O=C(O)C(F)(F)F. The van der Waals surface area contributed by atoms with E-state index in [9.17, 15) is 45.5 Å². The van der Waals surface area contributed by atoms with Gasteiger partial charge in [0.2, 0.25) is 5.91 Å². The van der Waals surface area contributed by atoms with E-state index in [-0.39, 0.29) is 61.1 Å². The number of nitrogens with two attached hydrogens (primary N) is 1. The van der Waals surface area contributed by atoms with E-state index in [1.807, 2.05) is 44.2 Å². The third kappa shape index (κ3) is 17.7. The van der Waals surface area contributed by atoms with Crippen LogP contribution in [0.25, 0.3) is 11.3 Å². The number of aromatic nitrogens is 2. The molecular formula is C38H39F6N7O11. The highest BCUT2D eigenvalue weighted by atomic mass is 19.4. The Morgan fingerprint density at radius 2 is 1.45 bits per heavy atom. The van der Waals surface area contributed by atoms with E-state index in [1.54, 1.807) is 37.3 Å². The first-order valence-corrected chi connectivity index (χ1v) is 17.6. The largest absolute Gasteiger partial charge is 0.513 e. The van der Waals surface area contributed by atoms with Gasteiger partial charge in [-0.2, -0.15) is 26.3 Å². The maximum absolute atomic E-state index is 13.5. The Morgan fingerprint density at radius 1 is 0.871 bits per heavy atom. The van der Waals surface area contributed by atoms with Crippen LogP contribution in [-0.4, -0.2) is 80.7 Å². The van der Waals surface area contributed by atoms with Crippen LogP contribution in [0.3, 0.4) is 0 Å². The fourth-order valence-corrected chi connectivity index (χ4v) is 4.44. The number of rotatable bonds is 12. The van der Waals surface area contributed by atoms with Crippen LogP contribution < -0.4 is 32.0 Å². The van der Waals surface area contributed by atoms with Crippen LogP contribution >= 0.6 is 0 Å². The van der Waals surface area contributed by atoms with Crippen LogP contribution in [0.15, 0.2) is 83.8 Å². The number of nitrogen functional groups attached to an aromatic ring is 1. The summed E-state index contributed by atoms with van der Waals surface area (Å²) in [5.41, 5.74) is 8.40. The van der Waals surface area contributed by atoms with E-state index >= 15 is 0 Å². The van der Waals surface area contributed by atoms with Gasteiger partial charge in [0.05, 0.1) is 18.5 Å². The summed E-state index contributed by atoms with van der Waals surface area (Å²) in [6.45, 7) is 5.31. The van der Waals surface area contributed by atoms with Crippen LogP contribution in [0, 0.1) is 5.41 Å². The number of hydrogen-bond donors (Lipinski definition) is 7. The number of carboxylic acids is 2. The van der Waals surface area contributed by atoms with Gasteiger partial charge in [0, 0.05) is 35.5 Å². The normalized spacial score (nSPS) is 10.7. The van der Waals surface area contributed by atoms with Crippen molar-refractivity contribution in [2.24, 2.45) is 0 Å². The van der Waals surface area contributed by atoms with Crippen molar-refractivity contribution in [1.82, 2.24) is 20.2 Å². The number of anilines is 2. The number of halogens is 6. The van der Waals surface area contributed by atoms with Gasteiger partial charge in [0.25, 0.3) is 5.56 Å². The van der Waals surface area contributed by atoms with Crippen LogP contribution in [0.4, 0.5) is 47.4 Å². The van der Waals surface area contributed by atoms with Gasteiger partial charge in [-0.25, -0.2) is 24.2 Å². The zero-order chi connectivity index (χ0) is 46.8. The molecule has 0 radical (unpaired) electrons. The third-order valence-corrected chi connectivity index (χ3v) is 7.13. The molecule has 8 N–H and O–H groups in total. The molecular weight excluding hydrogens is 844 g/mol. The number of nitrogens with zero attached hydrogens (tertiary/aromatic N) is 2. The summed E-state index contributed by atoms with van der Waals surface area (Å²) in [5.74, 6) is -5.97. The van der Waals surface area contributed by atoms with E-state index in [0.29, 0.717) is 16.7 Å². The maximum atomic E-state index is 13.5. The van der Waals surface area contributed by atoms with Gasteiger partial charge in [-0.3, -0.25) is 24.9 Å². The minimum absolute atomic E-state index is 0.0593. The molecule has 0 spiro atoms. The zero-order valence-corrected chi connectivity index (χ0v) is 32.7. The number of nitrogens with one attached hydrogen (secondary N) is 4. The van der Waals surface area contributed by atoms with Crippen molar-refractivity contribution in [1.29, 1.82) is 5.41 Å². The lowest BCUT2D eigenvalue weighted by Gasteiger charge is -2.17. The molecule has 0 aliphatic carbocycles. The molecule has 18 nitrogen and oxygen atoms in total. The molecule has 0 unspecified atom stereocenters. The predicted molar refractivity (Wildman–Crippen MR) is 207 cm³/mol. The Kier molecular flexibility index (Phi) is 18.9. The summed E-state index contributed by atoms with van der Waals surface area (Å²) in [4.78, 5) is 72.7. The van der Waals surface area contributed by atoms with Crippen molar-refractivity contribution < 1.29 is 74.7 Å². The average Bonchev–Trinajstić information content (AvgIpc) is 3.18. The molecule has 0 bridgehead atoms. The van der Waals surface area contributed by atoms with Crippen molar-refractivity contribution in [2.45, 2.75) is 58.9 Å². The van der Waals surface area contributed by atoms with Crippen LogP contribution in [0.5, 0.6) is 5.75 Å². The number of amides is 2. The van der Waals surface area contributed by atoms with Gasteiger partial charge in [0.15, 0.2) is 5.82 Å². The Hall–Kier alpha value is -7.66. The van der Waals surface area contributed by atoms with Crippen molar-refractivity contribution in [3.63, 3.8) is 0 Å². The first-order chi connectivity index (χ1) is 28.9. The average molecular weight is 884 g/mol. The summed E-state index contributed by atoms with van der Waals surface area (Å²) in [5, 5.41) is 30.6. The second kappa shape index (κ2) is 23.2. The van der Waals surface area contributed by atoms with Gasteiger partial charge in [-0.05, 0) is 44.0 Å². The number of carboxylic acid groups (broad SMARTS) is 2. The molecule has 0 aliphatic heterocycles. The topological polar surface area (TPSA) is 274 Å². The molecule has 4 aromatic rings. The Balaban J connectivity index is 0.000000811. The predicted octanol–water partition coefficient (Wildman–Crippen LogP) is 5.68. The van der Waals surface area contributed by atoms with Crippen LogP contribution in [0.1, 0.15) is 37.5 Å². The summed E-state index contributed by atoms with van der Waals surface area (Å²) in [6, 6.07) is 20.2. The second-order valence-electron chi connectivity index (χ2n) is 12.4. The highest BCUT2D eigenvalue weighted by Crippen LogP contribution is 2.27. The van der Waals surface area contributed by atoms with Gasteiger partial charge >= 0.3 is 36.5 Å². The minimum Gasteiger partial charge on any atom is -0.475 e. The van der Waals surface area contributed by atoms with Crippen molar-refractivity contribution in [3.8, 4) is 17.0 Å². The first kappa shape index (κ1) is 50.5. The molecule has 0 aliphatic rings. The highest BCUT2D eigenvalue weighted by Gasteiger charge is 2.39. The Labute approximate surface area is 347 Å². The van der Waals surface area contributed by atoms with Crippen molar-refractivity contribution in [3.05, 3.63) is 106 Å². The maximum Gasteiger partial charge on any atom is 0.513 e. The second-order valence-corrected chi connectivity index (χ2v) is 12.4. The molecule has 2 amide bonds. The zero-order valence-electron chi connectivity index (χ0n) is 32.7. The number of alkyl carbamates (subject to hydrolysis) is 1. The van der Waals surface area contributed by atoms with E-state index in [1.165, 1.54) is 22.9 Å². The lowest BCUT2D eigenvalue weighted by atomic mass is 10.1. The molecule has 0 fully saturated rings. The number of carbonyl (C=O) groups excluding carboxylic acids is 3. The Morgan fingerprint density at radius 3 is 1.98 bits per heavy atom. The number of hydrogen-bond acceptors (Lipinski definition) is 13. The van der Waals surface area contributed by atoms with E-state index in [2.05, 4.69) is 20.9 Å². The monoisotopic (exact) mass is 883 g/mol. The summed E-state index contributed by atoms with van der Waals surface area (Å²) in [6.07, 6.45) is -10.4. The molecule has 0 saturated heterocycles. The van der Waals surface area contributed by atoms with Gasteiger partial charge in [0.1, 0.15) is 24.7 Å². The van der Waals surface area contributed by atoms with Crippen molar-refractivity contribution >= 4 is 47.4 Å². The number of alkyl halides is 6. The van der Waals surface area contributed by atoms with Gasteiger partial charge in [-0.15, -0.1) is 0 Å². The van der Waals surface area contributed by atoms with Crippen LogP contribution in [-0.2, 0) is 43.6 Å². The lowest BCUT2D eigenvalue weighted by molar-refractivity contribution is -0.193. The van der Waals surface area contributed by atoms with Crippen LogP contribution in [0.2, 0.25) is 0 Å². The fourth-order valence-electron chi connectivity index (χ4n) is 4.44. The Bertz CT molecular complexity index is 2230. The number of carbonyl (C=O) groups is 5. The quantitative estimate of drug-likeness (QED) is 0.0225. The molecule has 62 heavy (non-hydrogen) atoms. The smallest absolute Gasteiger partial charge is 0.475 e. The standard InChI is InChI=1S/C34H37N7O7.2C2HF3O2/c1-4-46-34(45)48-27-15-25(14-26(35)16-27)28-18-38-31(39-21(2)3)32(43)41(28)19-29(42)37-17-22-10-12-24(13-11-22)30(36)40-33(44)47-20-23-8-6-5-7-9-23;2*3-2(4,5)1(6)7/h5-16,18,21H,4,17,19-20,35H2,1-3H3,(H,37,42)(H,38,39)(H2,36,40,44);2*(H,6,7). The molecule has 334 valence electrons. The third-order valence-electron chi connectivity index (χ3n) is 7.13.